The molecule has 0 bridgehead atoms. The Balaban J connectivity index is 1.84. The van der Waals surface area contributed by atoms with Crippen LogP contribution in [0.3, 0.4) is 0 Å². The first kappa shape index (κ1) is 11.6. The van der Waals surface area contributed by atoms with Crippen LogP contribution in [-0.2, 0) is 0 Å². The number of hydrogen-bond acceptors (Lipinski definition) is 3. The molecule has 1 aliphatic rings. The van der Waals surface area contributed by atoms with E-state index < -0.39 is 0 Å². The number of ether oxygens (including phenoxy) is 2. The lowest BCUT2D eigenvalue weighted by Crippen LogP contribution is -2.44. The second kappa shape index (κ2) is 5.43. The molecular weight excluding hydrogens is 220 g/mol. The van der Waals surface area contributed by atoms with E-state index in [1.54, 1.807) is 0 Å². The molecule has 0 aliphatic carbocycles. The zero-order valence-corrected chi connectivity index (χ0v) is 9.73. The molecule has 0 radical (unpaired) electrons. The molecule has 92 valence electrons. The number of urea groups is 1. The van der Waals surface area contributed by atoms with Crippen LogP contribution in [0.2, 0.25) is 0 Å². The number of amides is 2. The average Bonchev–Trinajstić information content (AvgIpc) is 2.36. The molecule has 0 saturated heterocycles. The maximum absolute atomic E-state index is 11.2. The Morgan fingerprint density at radius 3 is 2.88 bits per heavy atom. The lowest BCUT2D eigenvalue weighted by Gasteiger charge is -2.26. The molecule has 5 heteroatoms. The van der Waals surface area contributed by atoms with Crippen LogP contribution in [0.25, 0.3) is 0 Å². The number of carbonyl (C=O) groups is 1. The van der Waals surface area contributed by atoms with Crippen molar-refractivity contribution in [3.8, 4) is 11.5 Å². The minimum Gasteiger partial charge on any atom is -0.486 e. The van der Waals surface area contributed by atoms with Crippen molar-refractivity contribution >= 4 is 6.03 Å². The maximum atomic E-state index is 11.2. The van der Waals surface area contributed by atoms with E-state index in [0.717, 1.165) is 11.5 Å². The first-order valence-electron chi connectivity index (χ1n) is 5.69. The quantitative estimate of drug-likeness (QED) is 0.827. The summed E-state index contributed by atoms with van der Waals surface area (Å²) in [4.78, 5) is 11.2. The fraction of sp³-hybridized carbons (Fsp3) is 0.417. The number of carbonyl (C=O) groups excluding carboxylic acids is 1. The molecule has 1 aromatic carbocycles. The van der Waals surface area contributed by atoms with Crippen molar-refractivity contribution in [3.63, 3.8) is 0 Å². The highest BCUT2D eigenvalue weighted by Gasteiger charge is 2.20. The summed E-state index contributed by atoms with van der Waals surface area (Å²) < 4.78 is 11.2. The molecule has 2 rings (SSSR count). The van der Waals surface area contributed by atoms with Crippen molar-refractivity contribution in [1.82, 2.24) is 10.6 Å². The van der Waals surface area contributed by atoms with Crippen LogP contribution in [-0.4, -0.2) is 31.8 Å². The van der Waals surface area contributed by atoms with Crippen molar-refractivity contribution in [2.75, 3.05) is 19.7 Å². The van der Waals surface area contributed by atoms with Crippen LogP contribution >= 0.6 is 0 Å². The molecule has 1 atom stereocenters. The smallest absolute Gasteiger partial charge is 0.314 e. The molecule has 0 spiro atoms. The SMILES string of the molecule is CCNC(=O)NC[C@H]1COc2ccccc2O1. The summed E-state index contributed by atoms with van der Waals surface area (Å²) in [6, 6.07) is 7.32. The lowest BCUT2D eigenvalue weighted by molar-refractivity contribution is 0.0918. The molecule has 1 aliphatic heterocycles. The van der Waals surface area contributed by atoms with Gasteiger partial charge in [-0.3, -0.25) is 0 Å². The Hall–Kier alpha value is -1.91. The summed E-state index contributed by atoms with van der Waals surface area (Å²) in [5.74, 6) is 1.48. The summed E-state index contributed by atoms with van der Waals surface area (Å²) in [5, 5.41) is 5.39. The molecule has 0 saturated carbocycles. The van der Waals surface area contributed by atoms with Crippen LogP contribution in [0.1, 0.15) is 6.92 Å². The summed E-state index contributed by atoms with van der Waals surface area (Å²) in [6.07, 6.45) is -0.146. The van der Waals surface area contributed by atoms with Gasteiger partial charge >= 0.3 is 6.03 Å². The number of benzene rings is 1. The minimum atomic E-state index is -0.185. The number of fused-ring (bicyclic) bond motifs is 1. The van der Waals surface area contributed by atoms with E-state index in [4.69, 9.17) is 9.47 Å². The van der Waals surface area contributed by atoms with Crippen LogP contribution in [0.4, 0.5) is 4.79 Å². The van der Waals surface area contributed by atoms with E-state index in [1.807, 2.05) is 31.2 Å². The molecule has 5 nitrogen and oxygen atoms in total. The van der Waals surface area contributed by atoms with Crippen molar-refractivity contribution in [2.45, 2.75) is 13.0 Å². The third kappa shape index (κ3) is 3.03. The van der Waals surface area contributed by atoms with Crippen LogP contribution in [0.15, 0.2) is 24.3 Å². The second-order valence-electron chi connectivity index (χ2n) is 3.74. The molecule has 1 aromatic rings. The van der Waals surface area contributed by atoms with Gasteiger partial charge in [-0.2, -0.15) is 0 Å². The summed E-state index contributed by atoms with van der Waals surface area (Å²) in [5.41, 5.74) is 0. The van der Waals surface area contributed by atoms with Gasteiger partial charge in [0, 0.05) is 6.54 Å². The van der Waals surface area contributed by atoms with Crippen LogP contribution < -0.4 is 20.1 Å². The molecule has 17 heavy (non-hydrogen) atoms. The van der Waals surface area contributed by atoms with E-state index in [-0.39, 0.29) is 12.1 Å². The number of nitrogens with one attached hydrogen (secondary N) is 2. The fourth-order valence-corrected chi connectivity index (χ4v) is 1.59. The van der Waals surface area contributed by atoms with Crippen molar-refractivity contribution in [3.05, 3.63) is 24.3 Å². The van der Waals surface area contributed by atoms with Gasteiger partial charge in [0.1, 0.15) is 6.61 Å². The molecule has 0 aromatic heterocycles. The molecular formula is C12H16N2O3. The average molecular weight is 236 g/mol. The van der Waals surface area contributed by atoms with E-state index in [2.05, 4.69) is 10.6 Å². The van der Waals surface area contributed by atoms with Gasteiger partial charge in [0.05, 0.1) is 6.54 Å². The molecule has 1 heterocycles. The Morgan fingerprint density at radius 2 is 2.12 bits per heavy atom. The van der Waals surface area contributed by atoms with E-state index in [0.29, 0.717) is 19.7 Å². The Labute approximate surface area is 100 Å². The molecule has 2 N–H and O–H groups in total. The standard InChI is InChI=1S/C12H16N2O3/c1-2-13-12(15)14-7-9-8-16-10-5-3-4-6-11(10)17-9/h3-6,9H,2,7-8H2,1H3,(H2,13,14,15)/t9-/m0/s1. The van der Waals surface area contributed by atoms with Gasteiger partial charge in [-0.05, 0) is 19.1 Å². The Morgan fingerprint density at radius 1 is 1.35 bits per heavy atom. The number of rotatable bonds is 3. The van der Waals surface area contributed by atoms with Gasteiger partial charge in [0.15, 0.2) is 17.6 Å². The third-order valence-corrected chi connectivity index (χ3v) is 2.40. The minimum absolute atomic E-state index is 0.146. The van der Waals surface area contributed by atoms with Crippen LogP contribution in [0, 0.1) is 0 Å². The largest absolute Gasteiger partial charge is 0.486 e. The highest BCUT2D eigenvalue weighted by Crippen LogP contribution is 2.30. The fourth-order valence-electron chi connectivity index (χ4n) is 1.59. The molecule has 2 amide bonds. The first-order valence-corrected chi connectivity index (χ1v) is 5.69. The van der Waals surface area contributed by atoms with Gasteiger partial charge in [0.2, 0.25) is 0 Å². The predicted octanol–water partition coefficient (Wildman–Crippen LogP) is 1.15. The number of para-hydroxylation sites is 2. The maximum Gasteiger partial charge on any atom is 0.314 e. The summed E-state index contributed by atoms with van der Waals surface area (Å²) in [6.45, 7) is 3.36. The topological polar surface area (TPSA) is 59.6 Å². The van der Waals surface area contributed by atoms with E-state index in [9.17, 15) is 4.79 Å². The van der Waals surface area contributed by atoms with Gasteiger partial charge < -0.3 is 20.1 Å². The first-order chi connectivity index (χ1) is 8.29. The van der Waals surface area contributed by atoms with E-state index >= 15 is 0 Å². The monoisotopic (exact) mass is 236 g/mol. The highest BCUT2D eigenvalue weighted by molar-refractivity contribution is 5.73. The zero-order chi connectivity index (χ0) is 12.1. The van der Waals surface area contributed by atoms with Gasteiger partial charge in [-0.1, -0.05) is 12.1 Å². The summed E-state index contributed by atoms with van der Waals surface area (Å²) in [7, 11) is 0. The zero-order valence-electron chi connectivity index (χ0n) is 9.73. The predicted molar refractivity (Wildman–Crippen MR) is 63.4 cm³/mol. The van der Waals surface area contributed by atoms with Crippen molar-refractivity contribution in [1.29, 1.82) is 0 Å². The second-order valence-corrected chi connectivity index (χ2v) is 3.74. The van der Waals surface area contributed by atoms with E-state index in [1.165, 1.54) is 0 Å². The molecule has 0 unspecified atom stereocenters. The third-order valence-electron chi connectivity index (χ3n) is 2.40. The van der Waals surface area contributed by atoms with Gasteiger partial charge in [0.25, 0.3) is 0 Å². The Bertz CT molecular complexity index is 395. The Kier molecular flexibility index (Phi) is 3.69. The van der Waals surface area contributed by atoms with Gasteiger partial charge in [-0.15, -0.1) is 0 Å². The van der Waals surface area contributed by atoms with Crippen molar-refractivity contribution < 1.29 is 14.3 Å². The summed E-state index contributed by atoms with van der Waals surface area (Å²) >= 11 is 0. The normalized spacial score (nSPS) is 17.4. The lowest BCUT2D eigenvalue weighted by atomic mass is 10.2. The molecule has 0 fully saturated rings. The highest BCUT2D eigenvalue weighted by atomic mass is 16.6. The van der Waals surface area contributed by atoms with Crippen LogP contribution in [0.5, 0.6) is 11.5 Å². The van der Waals surface area contributed by atoms with Crippen molar-refractivity contribution in [2.24, 2.45) is 0 Å². The van der Waals surface area contributed by atoms with Gasteiger partial charge in [-0.25, -0.2) is 4.79 Å². The number of hydrogen-bond donors (Lipinski definition) is 2.